The second-order valence-electron chi connectivity index (χ2n) is 4.84. The first kappa shape index (κ1) is 16.1. The van der Waals surface area contributed by atoms with Crippen LogP contribution in [0.5, 0.6) is 0 Å². The van der Waals surface area contributed by atoms with E-state index in [1.165, 1.54) is 0 Å². The van der Waals surface area contributed by atoms with E-state index in [-0.39, 0.29) is 13.0 Å². The van der Waals surface area contributed by atoms with Gasteiger partial charge in [-0.25, -0.2) is 0 Å². The molecule has 0 saturated carbocycles. The lowest BCUT2D eigenvalue weighted by Gasteiger charge is -2.30. The highest BCUT2D eigenvalue weighted by Gasteiger charge is 2.65. The molecule has 2 atom stereocenters. The van der Waals surface area contributed by atoms with E-state index in [4.69, 9.17) is 0 Å². The van der Waals surface area contributed by atoms with Crippen LogP contribution in [-0.2, 0) is 4.79 Å². The van der Waals surface area contributed by atoms with Crippen molar-refractivity contribution in [2.24, 2.45) is 0 Å². The number of aliphatic hydroxyl groups excluding tert-OH is 1. The highest BCUT2D eigenvalue weighted by molar-refractivity contribution is 5.85. The second-order valence-corrected chi connectivity index (χ2v) is 4.84. The van der Waals surface area contributed by atoms with Crippen LogP contribution in [0.1, 0.15) is 6.42 Å². The van der Waals surface area contributed by atoms with E-state index in [1.807, 2.05) is 0 Å². The number of aliphatic hydroxyl groups is 1. The molecular weight excluding hydrogens is 275 g/mol. The summed E-state index contributed by atoms with van der Waals surface area (Å²) in [5.74, 6) is -7.73. The molecule has 1 N–H and O–H groups in total. The van der Waals surface area contributed by atoms with Gasteiger partial charge in [-0.3, -0.25) is 4.79 Å². The van der Waals surface area contributed by atoms with Gasteiger partial charge >= 0.3 is 18.0 Å². The van der Waals surface area contributed by atoms with Gasteiger partial charge in [0.15, 0.2) is 0 Å². The molecule has 1 amide bonds. The Hall–Kier alpha value is -0.960. The highest BCUT2D eigenvalue weighted by Crippen LogP contribution is 2.38. The number of carbonyl (C=O) groups excluding carboxylic acids is 1. The maximum Gasteiger partial charge on any atom is 0.463 e. The number of likely N-dealkylation sites (N-methyl/N-ethyl adjacent to an activating group) is 1. The molecule has 0 aliphatic carbocycles. The zero-order valence-electron chi connectivity index (χ0n) is 10.4. The van der Waals surface area contributed by atoms with Gasteiger partial charge in [0.2, 0.25) is 0 Å². The Bertz CT molecular complexity index is 345. The summed E-state index contributed by atoms with van der Waals surface area (Å²) in [6, 6.07) is -0.856. The number of hydrogen-bond acceptors (Lipinski definition) is 3. The summed E-state index contributed by atoms with van der Waals surface area (Å²) >= 11 is 0. The summed E-state index contributed by atoms with van der Waals surface area (Å²) < 4.78 is 62.5. The average molecular weight is 290 g/mol. The van der Waals surface area contributed by atoms with Crippen LogP contribution in [0, 0.1) is 0 Å². The van der Waals surface area contributed by atoms with E-state index in [0.29, 0.717) is 4.90 Å². The van der Waals surface area contributed by atoms with Crippen molar-refractivity contribution >= 4 is 5.91 Å². The van der Waals surface area contributed by atoms with Gasteiger partial charge in [0.25, 0.3) is 0 Å². The van der Waals surface area contributed by atoms with Crippen molar-refractivity contribution in [3.05, 3.63) is 0 Å². The number of likely N-dealkylation sites (tertiary alicyclic amines) is 1. The first-order chi connectivity index (χ1) is 8.46. The first-order valence-corrected chi connectivity index (χ1v) is 5.55. The maximum absolute atomic E-state index is 13.0. The van der Waals surface area contributed by atoms with E-state index in [9.17, 15) is 31.9 Å². The molecule has 0 bridgehead atoms. The van der Waals surface area contributed by atoms with E-state index in [2.05, 4.69) is 0 Å². The quantitative estimate of drug-likeness (QED) is 0.779. The summed E-state index contributed by atoms with van der Waals surface area (Å²) in [6.07, 6.45) is -7.03. The Morgan fingerprint density at radius 1 is 1.32 bits per heavy atom. The molecule has 19 heavy (non-hydrogen) atoms. The van der Waals surface area contributed by atoms with Crippen LogP contribution in [0.4, 0.5) is 22.0 Å². The number of β-amino-alcohol motifs (C(OH)–C–C–N with tert-alkyl or cyclic N) is 1. The summed E-state index contributed by atoms with van der Waals surface area (Å²) in [4.78, 5) is 13.3. The summed E-state index contributed by atoms with van der Waals surface area (Å²) in [5.41, 5.74) is 0. The van der Waals surface area contributed by atoms with Gasteiger partial charge < -0.3 is 14.9 Å². The third kappa shape index (κ3) is 3.33. The largest absolute Gasteiger partial charge is 0.463 e. The predicted octanol–water partition coefficient (Wildman–Crippen LogP) is 0.707. The highest BCUT2D eigenvalue weighted by atomic mass is 19.4. The Labute approximate surface area is 106 Å². The number of nitrogens with zero attached hydrogens (tertiary/aromatic N) is 2. The molecule has 0 aromatic carbocycles. The van der Waals surface area contributed by atoms with Gasteiger partial charge in [-0.1, -0.05) is 0 Å². The fourth-order valence-corrected chi connectivity index (χ4v) is 2.04. The van der Waals surface area contributed by atoms with Gasteiger partial charge in [-0.05, 0) is 20.5 Å². The Morgan fingerprint density at radius 2 is 1.84 bits per heavy atom. The number of rotatable bonds is 3. The van der Waals surface area contributed by atoms with E-state index >= 15 is 0 Å². The molecule has 0 radical (unpaired) electrons. The molecule has 112 valence electrons. The third-order valence-electron chi connectivity index (χ3n) is 2.85. The minimum absolute atomic E-state index is 0.0160. The zero-order chi connectivity index (χ0) is 15.0. The van der Waals surface area contributed by atoms with Crippen molar-refractivity contribution in [2.45, 2.75) is 30.7 Å². The molecular formula is C10H15F5N2O2. The van der Waals surface area contributed by atoms with Gasteiger partial charge in [0, 0.05) is 19.1 Å². The zero-order valence-corrected chi connectivity index (χ0v) is 10.4. The minimum atomic E-state index is -5.93. The Morgan fingerprint density at radius 3 is 2.26 bits per heavy atom. The SMILES string of the molecule is CN(C)CC1CC(O)CN1C(=O)C(F)(F)C(F)(F)F. The topological polar surface area (TPSA) is 43.8 Å². The maximum atomic E-state index is 13.0. The molecule has 1 heterocycles. The fraction of sp³-hybridized carbons (Fsp3) is 0.900. The van der Waals surface area contributed by atoms with Crippen molar-refractivity contribution in [3.63, 3.8) is 0 Å². The molecule has 0 aromatic rings. The molecule has 2 unspecified atom stereocenters. The van der Waals surface area contributed by atoms with E-state index in [0.717, 1.165) is 0 Å². The van der Waals surface area contributed by atoms with E-state index < -0.39 is 36.7 Å². The lowest BCUT2D eigenvalue weighted by Crippen LogP contribution is -2.54. The van der Waals surface area contributed by atoms with Crippen LogP contribution in [-0.4, -0.2) is 72.2 Å². The molecule has 1 aliphatic heterocycles. The molecule has 4 nitrogen and oxygen atoms in total. The standard InChI is InChI=1S/C10H15F5N2O2/c1-16(2)4-6-3-7(18)5-17(6)8(19)9(11,12)10(13,14)15/h6-7,18H,3-5H2,1-2H3. The van der Waals surface area contributed by atoms with Crippen LogP contribution in [0.15, 0.2) is 0 Å². The average Bonchev–Trinajstić information content (AvgIpc) is 2.55. The van der Waals surface area contributed by atoms with Crippen LogP contribution in [0.3, 0.4) is 0 Å². The number of halogens is 5. The summed E-state index contributed by atoms with van der Waals surface area (Å²) in [6.45, 7) is -0.403. The number of hydrogen-bond donors (Lipinski definition) is 1. The lowest BCUT2D eigenvalue weighted by atomic mass is 10.2. The monoisotopic (exact) mass is 290 g/mol. The number of amides is 1. The van der Waals surface area contributed by atoms with Gasteiger partial charge in [0.05, 0.1) is 6.10 Å². The van der Waals surface area contributed by atoms with Crippen LogP contribution in [0.25, 0.3) is 0 Å². The third-order valence-corrected chi connectivity index (χ3v) is 2.85. The van der Waals surface area contributed by atoms with Gasteiger partial charge in [-0.2, -0.15) is 22.0 Å². The molecule has 1 rings (SSSR count). The van der Waals surface area contributed by atoms with Crippen molar-refractivity contribution in [1.29, 1.82) is 0 Å². The normalized spacial score (nSPS) is 25.2. The predicted molar refractivity (Wildman–Crippen MR) is 55.7 cm³/mol. The fourth-order valence-electron chi connectivity index (χ4n) is 2.04. The van der Waals surface area contributed by atoms with Gasteiger partial charge in [0.1, 0.15) is 0 Å². The number of alkyl halides is 5. The van der Waals surface area contributed by atoms with Crippen molar-refractivity contribution < 1.29 is 31.9 Å². The van der Waals surface area contributed by atoms with Crippen LogP contribution >= 0.6 is 0 Å². The first-order valence-electron chi connectivity index (χ1n) is 5.55. The smallest absolute Gasteiger partial charge is 0.391 e. The summed E-state index contributed by atoms with van der Waals surface area (Å²) in [7, 11) is 3.19. The molecule has 1 fully saturated rings. The molecule has 0 aromatic heterocycles. The second kappa shape index (κ2) is 5.20. The Balaban J connectivity index is 2.91. The number of carbonyl (C=O) groups is 1. The molecule has 1 saturated heterocycles. The molecule has 1 aliphatic rings. The summed E-state index contributed by atoms with van der Waals surface area (Å²) in [5, 5.41) is 9.36. The molecule has 0 spiro atoms. The van der Waals surface area contributed by atoms with Gasteiger partial charge in [-0.15, -0.1) is 0 Å². The molecule has 9 heteroatoms. The van der Waals surface area contributed by atoms with Crippen LogP contribution in [0.2, 0.25) is 0 Å². The van der Waals surface area contributed by atoms with Crippen molar-refractivity contribution in [2.75, 3.05) is 27.2 Å². The van der Waals surface area contributed by atoms with E-state index in [1.54, 1.807) is 19.0 Å². The minimum Gasteiger partial charge on any atom is -0.391 e. The van der Waals surface area contributed by atoms with Crippen molar-refractivity contribution in [1.82, 2.24) is 9.80 Å². The Kier molecular flexibility index (Phi) is 4.40. The van der Waals surface area contributed by atoms with Crippen LogP contribution < -0.4 is 0 Å². The van der Waals surface area contributed by atoms with Crippen molar-refractivity contribution in [3.8, 4) is 0 Å². The lowest BCUT2D eigenvalue weighted by molar-refractivity contribution is -0.274.